The fourth-order valence-corrected chi connectivity index (χ4v) is 7.74. The van der Waals surface area contributed by atoms with E-state index in [1.807, 2.05) is 36.4 Å². The Morgan fingerprint density at radius 2 is 1.76 bits per heavy atom. The Bertz CT molecular complexity index is 1850. The number of ether oxygens (including phenoxy) is 1. The molecule has 1 aliphatic heterocycles. The molecule has 2 atom stereocenters. The van der Waals surface area contributed by atoms with Crippen LogP contribution in [0.1, 0.15) is 44.4 Å². The van der Waals surface area contributed by atoms with Gasteiger partial charge in [0.25, 0.3) is 11.8 Å². The lowest BCUT2D eigenvalue weighted by Crippen LogP contribution is -2.43. The number of H-pyrrole nitrogens is 1. The van der Waals surface area contributed by atoms with E-state index in [0.29, 0.717) is 22.0 Å². The van der Waals surface area contributed by atoms with E-state index in [4.69, 9.17) is 20.8 Å². The maximum absolute atomic E-state index is 13.5. The van der Waals surface area contributed by atoms with Crippen molar-refractivity contribution in [3.05, 3.63) is 75.5 Å². The zero-order chi connectivity index (χ0) is 30.1. The van der Waals surface area contributed by atoms with E-state index in [1.165, 1.54) is 0 Å². The van der Waals surface area contributed by atoms with Crippen LogP contribution in [0.15, 0.2) is 59.2 Å². The number of rotatable bonds is 6. The highest BCUT2D eigenvalue weighted by Gasteiger charge is 2.41. The van der Waals surface area contributed by atoms with Gasteiger partial charge in [-0.05, 0) is 54.5 Å². The third-order valence-corrected chi connectivity index (χ3v) is 14.2. The molecule has 1 aliphatic carbocycles. The molecule has 0 fully saturated rings. The van der Waals surface area contributed by atoms with Crippen LogP contribution in [0.25, 0.3) is 33.0 Å². The summed E-state index contributed by atoms with van der Waals surface area (Å²) in [5, 5.41) is 4.58. The number of carbonyl (C=O) groups is 2. The molecule has 2 N–H and O–H groups in total. The van der Waals surface area contributed by atoms with Gasteiger partial charge in [-0.25, -0.2) is 0 Å². The monoisotopic (exact) mass is 665 g/mol. The van der Waals surface area contributed by atoms with Crippen LogP contribution in [0, 0.1) is 0 Å². The molecule has 0 saturated carbocycles. The standard InChI is InChI=1S/C32H33BrClN3O4Si/c1-32(2,3)42(5,6)41-20-9-8-18(14-20)37-25-12-7-17(33)13-22(25)26(29(37)34)28-27(30(38)36-31(28)39)23-16-35-24-11-10-19(40-4)15-21(23)24/h7-13,15-16,18,20,35H,14H2,1-6H3,(H,36,38,39)/t18-,20+/m0/s1. The van der Waals surface area contributed by atoms with E-state index in [9.17, 15) is 9.59 Å². The number of imide groups is 1. The summed E-state index contributed by atoms with van der Waals surface area (Å²) in [5.74, 6) is -0.292. The van der Waals surface area contributed by atoms with Crippen LogP contribution in [0.3, 0.4) is 0 Å². The van der Waals surface area contributed by atoms with Gasteiger partial charge in [-0.2, -0.15) is 0 Å². The van der Waals surface area contributed by atoms with Gasteiger partial charge in [0.1, 0.15) is 10.9 Å². The fraction of sp³-hybridized carbons (Fsp3) is 0.312. The number of halogens is 2. The van der Waals surface area contributed by atoms with Crippen molar-refractivity contribution < 1.29 is 18.8 Å². The minimum Gasteiger partial charge on any atom is -0.497 e. The number of aromatic amines is 1. The first-order valence-corrected chi connectivity index (χ1v) is 18.0. The predicted molar refractivity (Wildman–Crippen MR) is 174 cm³/mol. The number of fused-ring (bicyclic) bond motifs is 2. The number of aromatic nitrogens is 2. The van der Waals surface area contributed by atoms with Gasteiger partial charge < -0.3 is 18.7 Å². The molecule has 2 amide bonds. The number of nitrogens with one attached hydrogen (secondary N) is 2. The molecular weight excluding hydrogens is 634 g/mol. The number of methoxy groups -OCH3 is 1. The predicted octanol–water partition coefficient (Wildman–Crippen LogP) is 8.01. The van der Waals surface area contributed by atoms with E-state index in [0.717, 1.165) is 32.7 Å². The first kappa shape index (κ1) is 29.0. The van der Waals surface area contributed by atoms with Crippen molar-refractivity contribution >= 4 is 80.6 Å². The molecule has 0 radical (unpaired) electrons. The molecule has 7 nitrogen and oxygen atoms in total. The number of hydrogen-bond donors (Lipinski definition) is 2. The van der Waals surface area contributed by atoms with Gasteiger partial charge in [0.2, 0.25) is 0 Å². The second-order valence-corrected chi connectivity index (χ2v) is 18.5. The van der Waals surface area contributed by atoms with Crippen LogP contribution in [-0.4, -0.2) is 42.9 Å². The normalized spacial score (nSPS) is 19.5. The Hall–Kier alpha value is -3.11. The maximum atomic E-state index is 13.5. The van der Waals surface area contributed by atoms with Crippen molar-refractivity contribution in [2.75, 3.05) is 7.11 Å². The maximum Gasteiger partial charge on any atom is 0.259 e. The van der Waals surface area contributed by atoms with Crippen molar-refractivity contribution in [2.45, 2.75) is 57.5 Å². The molecule has 2 aromatic carbocycles. The van der Waals surface area contributed by atoms with Crippen molar-refractivity contribution in [2.24, 2.45) is 0 Å². The zero-order valence-corrected chi connectivity index (χ0v) is 27.7. The number of carbonyl (C=O) groups excluding carboxylic acids is 2. The molecule has 0 bridgehead atoms. The summed E-state index contributed by atoms with van der Waals surface area (Å²) < 4.78 is 15.0. The first-order chi connectivity index (χ1) is 19.8. The van der Waals surface area contributed by atoms with Crippen LogP contribution >= 0.6 is 27.5 Å². The van der Waals surface area contributed by atoms with E-state index in [-0.39, 0.29) is 28.3 Å². The van der Waals surface area contributed by atoms with Gasteiger partial charge in [0, 0.05) is 44.5 Å². The van der Waals surface area contributed by atoms with E-state index in [2.05, 4.69) is 76.8 Å². The highest BCUT2D eigenvalue weighted by atomic mass is 79.9. The third kappa shape index (κ3) is 4.67. The summed E-state index contributed by atoms with van der Waals surface area (Å²) in [6.07, 6.45) is 6.71. The van der Waals surface area contributed by atoms with Gasteiger partial charge in [-0.3, -0.25) is 14.9 Å². The molecule has 42 heavy (non-hydrogen) atoms. The second kappa shape index (κ2) is 10.3. The highest BCUT2D eigenvalue weighted by Crippen LogP contribution is 2.46. The fourth-order valence-electron chi connectivity index (χ4n) is 5.68. The third-order valence-electron chi connectivity index (χ3n) is 8.85. The van der Waals surface area contributed by atoms with Crippen molar-refractivity contribution in [1.29, 1.82) is 0 Å². The SMILES string of the molecule is COc1ccc2[nH]cc(C3=C(c4c(Cl)n([C@H]5C=C[C@@H](O[Si](C)(C)C(C)(C)C)C5)c5ccc(Br)cc45)C(=O)NC3=O)c2c1. The average molecular weight is 667 g/mol. The second-order valence-electron chi connectivity index (χ2n) is 12.4. The lowest BCUT2D eigenvalue weighted by molar-refractivity contribution is -0.122. The molecule has 2 aromatic heterocycles. The van der Waals surface area contributed by atoms with Crippen LogP contribution in [0.4, 0.5) is 0 Å². The van der Waals surface area contributed by atoms with Gasteiger partial charge in [-0.1, -0.05) is 60.5 Å². The van der Waals surface area contributed by atoms with E-state index in [1.54, 1.807) is 13.3 Å². The molecular formula is C32H33BrClN3O4Si. The number of allylic oxidation sites excluding steroid dienone is 1. The lowest BCUT2D eigenvalue weighted by Gasteiger charge is -2.38. The topological polar surface area (TPSA) is 85.3 Å². The molecule has 6 rings (SSSR count). The number of nitrogens with zero attached hydrogens (tertiary/aromatic N) is 1. The average Bonchev–Trinajstić information content (AvgIpc) is 3.66. The summed E-state index contributed by atoms with van der Waals surface area (Å²) in [5.41, 5.74) is 3.38. The molecule has 0 saturated heterocycles. The summed E-state index contributed by atoms with van der Waals surface area (Å²) in [6.45, 7) is 11.2. The molecule has 4 aromatic rings. The smallest absolute Gasteiger partial charge is 0.259 e. The van der Waals surface area contributed by atoms with E-state index >= 15 is 0 Å². The van der Waals surface area contributed by atoms with Crippen LogP contribution in [-0.2, 0) is 14.0 Å². The molecule has 10 heteroatoms. The number of benzene rings is 2. The molecule has 0 unspecified atom stereocenters. The molecule has 3 heterocycles. The lowest BCUT2D eigenvalue weighted by atomic mass is 9.95. The van der Waals surface area contributed by atoms with Gasteiger partial charge in [0.05, 0.1) is 35.9 Å². The highest BCUT2D eigenvalue weighted by molar-refractivity contribution is 9.10. The first-order valence-electron chi connectivity index (χ1n) is 13.9. The number of amides is 2. The van der Waals surface area contributed by atoms with Gasteiger partial charge in [-0.15, -0.1) is 0 Å². The van der Waals surface area contributed by atoms with Crippen LogP contribution < -0.4 is 10.1 Å². The Morgan fingerprint density at radius 1 is 1.02 bits per heavy atom. The molecule has 0 spiro atoms. The summed E-state index contributed by atoms with van der Waals surface area (Å²) in [6, 6.07) is 11.4. The van der Waals surface area contributed by atoms with Crippen molar-refractivity contribution in [3.8, 4) is 5.75 Å². The van der Waals surface area contributed by atoms with Crippen molar-refractivity contribution in [3.63, 3.8) is 0 Å². The van der Waals surface area contributed by atoms with Crippen LogP contribution in [0.2, 0.25) is 23.3 Å². The summed E-state index contributed by atoms with van der Waals surface area (Å²) in [7, 11) is -0.394. The Labute approximate surface area is 259 Å². The molecule has 2 aliphatic rings. The Kier molecular flexibility index (Phi) is 7.08. The summed E-state index contributed by atoms with van der Waals surface area (Å²) in [4.78, 5) is 30.1. The Balaban J connectivity index is 1.51. The van der Waals surface area contributed by atoms with Crippen molar-refractivity contribution in [1.82, 2.24) is 14.9 Å². The number of hydrogen-bond acceptors (Lipinski definition) is 4. The largest absolute Gasteiger partial charge is 0.497 e. The van der Waals surface area contributed by atoms with Gasteiger partial charge >= 0.3 is 0 Å². The minimum absolute atomic E-state index is 0.0318. The van der Waals surface area contributed by atoms with E-state index < -0.39 is 20.1 Å². The molecule has 218 valence electrons. The van der Waals surface area contributed by atoms with Gasteiger partial charge in [0.15, 0.2) is 8.32 Å². The Morgan fingerprint density at radius 3 is 2.48 bits per heavy atom. The quantitative estimate of drug-likeness (QED) is 0.124. The minimum atomic E-state index is -1.99. The summed E-state index contributed by atoms with van der Waals surface area (Å²) >= 11 is 10.9. The zero-order valence-electron chi connectivity index (χ0n) is 24.4. The van der Waals surface area contributed by atoms with Crippen LogP contribution in [0.5, 0.6) is 5.75 Å².